The van der Waals surface area contributed by atoms with Crippen molar-refractivity contribution < 1.29 is 4.79 Å². The molecule has 4 heteroatoms. The van der Waals surface area contributed by atoms with Crippen LogP contribution in [0.25, 0.3) is 10.8 Å². The van der Waals surface area contributed by atoms with E-state index in [-0.39, 0.29) is 11.9 Å². The van der Waals surface area contributed by atoms with E-state index in [2.05, 4.69) is 11.9 Å². The van der Waals surface area contributed by atoms with Gasteiger partial charge in [0.15, 0.2) is 0 Å². The molecule has 2 rings (SSSR count). The van der Waals surface area contributed by atoms with E-state index in [9.17, 15) is 4.79 Å². The van der Waals surface area contributed by atoms with Gasteiger partial charge < -0.3 is 4.90 Å². The number of pyridine rings is 1. The summed E-state index contributed by atoms with van der Waals surface area (Å²) in [5, 5.41) is 2.19. The smallest absolute Gasteiger partial charge is 0.272 e. The maximum atomic E-state index is 12.5. The van der Waals surface area contributed by atoms with Gasteiger partial charge in [0.25, 0.3) is 5.91 Å². The molecule has 1 heterocycles. The molecule has 1 amide bonds. The highest BCUT2D eigenvalue weighted by Gasteiger charge is 2.19. The second-order valence-corrected chi connectivity index (χ2v) is 5.43. The molecule has 0 aliphatic rings. The van der Waals surface area contributed by atoms with E-state index >= 15 is 0 Å². The van der Waals surface area contributed by atoms with E-state index in [1.807, 2.05) is 38.2 Å². The molecule has 20 heavy (non-hydrogen) atoms. The van der Waals surface area contributed by atoms with Crippen LogP contribution in [0.1, 0.15) is 37.2 Å². The monoisotopic (exact) mass is 290 g/mol. The molecule has 0 aliphatic carbocycles. The summed E-state index contributed by atoms with van der Waals surface area (Å²) in [6, 6.07) is 9.68. The molecule has 0 saturated heterocycles. The van der Waals surface area contributed by atoms with Crippen molar-refractivity contribution in [3.8, 4) is 0 Å². The first kappa shape index (κ1) is 14.8. The van der Waals surface area contributed by atoms with Crippen LogP contribution >= 0.6 is 11.6 Å². The summed E-state index contributed by atoms with van der Waals surface area (Å²) in [5.74, 6) is -0.0846. The SMILES string of the molecule is CCCC(C)N(C)C(=O)c1cc2ccccc2c(Cl)n1. The lowest BCUT2D eigenvalue weighted by Crippen LogP contribution is -2.35. The van der Waals surface area contributed by atoms with Crippen LogP contribution in [0.3, 0.4) is 0 Å². The average Bonchev–Trinajstić information content (AvgIpc) is 2.46. The Morgan fingerprint density at radius 2 is 2.10 bits per heavy atom. The number of carbonyl (C=O) groups excluding carboxylic acids is 1. The second-order valence-electron chi connectivity index (χ2n) is 5.07. The number of aromatic nitrogens is 1. The van der Waals surface area contributed by atoms with E-state index in [1.54, 1.807) is 11.0 Å². The van der Waals surface area contributed by atoms with Crippen molar-refractivity contribution in [1.29, 1.82) is 0 Å². The van der Waals surface area contributed by atoms with Gasteiger partial charge in [-0.15, -0.1) is 0 Å². The fraction of sp³-hybridized carbons (Fsp3) is 0.375. The van der Waals surface area contributed by atoms with Crippen molar-refractivity contribution in [2.45, 2.75) is 32.7 Å². The lowest BCUT2D eigenvalue weighted by Gasteiger charge is -2.24. The first-order chi connectivity index (χ1) is 9.54. The summed E-state index contributed by atoms with van der Waals surface area (Å²) < 4.78 is 0. The molecule has 0 saturated carbocycles. The minimum atomic E-state index is -0.0846. The lowest BCUT2D eigenvalue weighted by molar-refractivity contribution is 0.0731. The Balaban J connectivity index is 2.35. The Hall–Kier alpha value is -1.61. The zero-order valence-electron chi connectivity index (χ0n) is 12.1. The van der Waals surface area contributed by atoms with Crippen molar-refractivity contribution in [3.63, 3.8) is 0 Å². The number of hydrogen-bond donors (Lipinski definition) is 0. The molecule has 1 aromatic carbocycles. The number of fused-ring (bicyclic) bond motifs is 1. The maximum absolute atomic E-state index is 12.5. The summed E-state index contributed by atoms with van der Waals surface area (Å²) in [6.45, 7) is 4.16. The summed E-state index contributed by atoms with van der Waals surface area (Å²) in [5.41, 5.74) is 0.402. The van der Waals surface area contributed by atoms with Crippen molar-refractivity contribution in [2.75, 3.05) is 7.05 Å². The number of halogens is 1. The van der Waals surface area contributed by atoms with Crippen molar-refractivity contribution in [2.24, 2.45) is 0 Å². The van der Waals surface area contributed by atoms with Gasteiger partial charge in [-0.3, -0.25) is 4.79 Å². The molecule has 1 unspecified atom stereocenters. The molecule has 1 aromatic heterocycles. The summed E-state index contributed by atoms with van der Waals surface area (Å²) in [6.07, 6.45) is 2.02. The first-order valence-corrected chi connectivity index (χ1v) is 7.24. The van der Waals surface area contributed by atoms with E-state index < -0.39 is 0 Å². The molecule has 2 aromatic rings. The fourth-order valence-electron chi connectivity index (χ4n) is 2.26. The maximum Gasteiger partial charge on any atom is 0.272 e. The molecule has 0 aliphatic heterocycles. The van der Waals surface area contributed by atoms with Crippen LogP contribution < -0.4 is 0 Å². The molecule has 0 bridgehead atoms. The Kier molecular flexibility index (Phi) is 4.61. The Labute approximate surface area is 124 Å². The topological polar surface area (TPSA) is 33.2 Å². The van der Waals surface area contributed by atoms with Crippen LogP contribution in [0, 0.1) is 0 Å². The van der Waals surface area contributed by atoms with Crippen LogP contribution in [-0.4, -0.2) is 28.9 Å². The highest BCUT2D eigenvalue weighted by Crippen LogP contribution is 2.23. The fourth-order valence-corrected chi connectivity index (χ4v) is 2.52. The van der Waals surface area contributed by atoms with Gasteiger partial charge in [-0.25, -0.2) is 4.98 Å². The van der Waals surface area contributed by atoms with Crippen molar-refractivity contribution in [1.82, 2.24) is 9.88 Å². The average molecular weight is 291 g/mol. The molecule has 0 spiro atoms. The third-order valence-electron chi connectivity index (χ3n) is 3.60. The van der Waals surface area contributed by atoms with Gasteiger partial charge in [0.05, 0.1) is 0 Å². The van der Waals surface area contributed by atoms with Crippen molar-refractivity contribution >= 4 is 28.3 Å². The van der Waals surface area contributed by atoms with Crippen LogP contribution in [0.2, 0.25) is 5.15 Å². The van der Waals surface area contributed by atoms with E-state index in [4.69, 9.17) is 11.6 Å². The number of amides is 1. The normalized spacial score (nSPS) is 12.4. The largest absolute Gasteiger partial charge is 0.338 e. The van der Waals surface area contributed by atoms with Crippen LogP contribution in [0.5, 0.6) is 0 Å². The van der Waals surface area contributed by atoms with Gasteiger partial charge in [-0.05, 0) is 24.8 Å². The Morgan fingerprint density at radius 1 is 1.40 bits per heavy atom. The standard InChI is InChI=1S/C16H19ClN2O/c1-4-7-11(2)19(3)16(20)14-10-12-8-5-6-9-13(12)15(17)18-14/h5-6,8-11H,4,7H2,1-3H3. The molecule has 0 fully saturated rings. The summed E-state index contributed by atoms with van der Waals surface area (Å²) >= 11 is 6.17. The predicted octanol–water partition coefficient (Wildman–Crippen LogP) is 4.15. The van der Waals surface area contributed by atoms with Gasteiger partial charge in [0.2, 0.25) is 0 Å². The number of hydrogen-bond acceptors (Lipinski definition) is 2. The minimum Gasteiger partial charge on any atom is -0.338 e. The minimum absolute atomic E-state index is 0.0846. The molecule has 0 N–H and O–H groups in total. The van der Waals surface area contributed by atoms with Crippen LogP contribution in [0.4, 0.5) is 0 Å². The van der Waals surface area contributed by atoms with Gasteiger partial charge in [0, 0.05) is 18.5 Å². The number of nitrogens with zero attached hydrogens (tertiary/aromatic N) is 2. The quantitative estimate of drug-likeness (QED) is 0.793. The van der Waals surface area contributed by atoms with E-state index in [0.29, 0.717) is 10.8 Å². The number of rotatable bonds is 4. The molecule has 0 radical (unpaired) electrons. The molecular formula is C16H19ClN2O. The molecule has 1 atom stereocenters. The Bertz CT molecular complexity index is 627. The highest BCUT2D eigenvalue weighted by molar-refractivity contribution is 6.34. The zero-order chi connectivity index (χ0) is 14.7. The predicted molar refractivity (Wildman–Crippen MR) is 83.2 cm³/mol. The van der Waals surface area contributed by atoms with Crippen molar-refractivity contribution in [3.05, 3.63) is 41.2 Å². The first-order valence-electron chi connectivity index (χ1n) is 6.87. The number of benzene rings is 1. The number of carbonyl (C=O) groups is 1. The third-order valence-corrected chi connectivity index (χ3v) is 3.89. The summed E-state index contributed by atoms with van der Waals surface area (Å²) in [7, 11) is 1.81. The molecule has 106 valence electrons. The van der Waals surface area contributed by atoms with Gasteiger partial charge >= 0.3 is 0 Å². The van der Waals surface area contributed by atoms with E-state index in [0.717, 1.165) is 23.6 Å². The highest BCUT2D eigenvalue weighted by atomic mass is 35.5. The zero-order valence-corrected chi connectivity index (χ0v) is 12.8. The van der Waals surface area contributed by atoms with Gasteiger partial charge in [-0.2, -0.15) is 0 Å². The lowest BCUT2D eigenvalue weighted by atomic mass is 10.1. The second kappa shape index (κ2) is 6.23. The summed E-state index contributed by atoms with van der Waals surface area (Å²) in [4.78, 5) is 18.4. The Morgan fingerprint density at radius 3 is 2.80 bits per heavy atom. The van der Waals surface area contributed by atoms with Gasteiger partial charge in [-0.1, -0.05) is 49.2 Å². The molecular weight excluding hydrogens is 272 g/mol. The van der Waals surface area contributed by atoms with Crippen LogP contribution in [0.15, 0.2) is 30.3 Å². The van der Waals surface area contributed by atoms with Gasteiger partial charge in [0.1, 0.15) is 10.8 Å². The molecule has 3 nitrogen and oxygen atoms in total. The third kappa shape index (κ3) is 2.93. The van der Waals surface area contributed by atoms with E-state index in [1.165, 1.54) is 0 Å². The van der Waals surface area contributed by atoms with Crippen LogP contribution in [-0.2, 0) is 0 Å².